The molecule has 0 atom stereocenters. The van der Waals surface area contributed by atoms with Crippen LogP contribution in [0, 0.1) is 0 Å². The average Bonchev–Trinajstić information content (AvgIpc) is 3.08. The van der Waals surface area contributed by atoms with Gasteiger partial charge in [0, 0.05) is 39.7 Å². The van der Waals surface area contributed by atoms with Crippen LogP contribution in [0.15, 0.2) is 60.5 Å². The minimum Gasteiger partial charge on any atom is -0.493 e. The van der Waals surface area contributed by atoms with Gasteiger partial charge in [-0.25, -0.2) is 4.98 Å². The number of carbonyl (C=O) groups excluding carboxylic acids is 1. The molecule has 1 amide bonds. The molecular weight excluding hydrogens is 477 g/mol. The summed E-state index contributed by atoms with van der Waals surface area (Å²) >= 11 is 7.30. The van der Waals surface area contributed by atoms with Crippen molar-refractivity contribution in [3.8, 4) is 11.5 Å². The number of hydrogen-bond donors (Lipinski definition) is 1. The molecule has 0 spiro atoms. The van der Waals surface area contributed by atoms with Crippen LogP contribution in [-0.4, -0.2) is 18.0 Å². The summed E-state index contributed by atoms with van der Waals surface area (Å²) in [6.45, 7) is 0. The molecular formula is C23H16ClF3N2O3S. The maximum Gasteiger partial charge on any atom is 0.416 e. The summed E-state index contributed by atoms with van der Waals surface area (Å²) in [4.78, 5) is 17.7. The number of rotatable bonds is 5. The zero-order chi connectivity index (χ0) is 23.6. The Morgan fingerprint density at radius 2 is 2.09 bits per heavy atom. The Labute approximate surface area is 196 Å². The van der Waals surface area contributed by atoms with E-state index in [0.717, 1.165) is 12.1 Å². The first-order chi connectivity index (χ1) is 15.7. The molecule has 0 fully saturated rings. The molecule has 0 saturated carbocycles. The van der Waals surface area contributed by atoms with Gasteiger partial charge in [-0.2, -0.15) is 13.2 Å². The monoisotopic (exact) mass is 492 g/mol. The topological polar surface area (TPSA) is 60.5 Å². The van der Waals surface area contributed by atoms with Gasteiger partial charge in [-0.3, -0.25) is 10.1 Å². The first-order valence-electron chi connectivity index (χ1n) is 9.57. The lowest BCUT2D eigenvalue weighted by Crippen LogP contribution is -2.12. The Hall–Kier alpha value is -3.30. The number of carbonyl (C=O) groups is 1. The van der Waals surface area contributed by atoms with E-state index >= 15 is 0 Å². The van der Waals surface area contributed by atoms with Gasteiger partial charge >= 0.3 is 6.18 Å². The van der Waals surface area contributed by atoms with Crippen molar-refractivity contribution in [1.29, 1.82) is 0 Å². The van der Waals surface area contributed by atoms with E-state index in [2.05, 4.69) is 10.3 Å². The number of alkyl halides is 3. The SMILES string of the molecule is COc1cc(Cl)cc2c1OC=CC(C(=O)Nc1ncc(Cc3cccc(C(F)(F)F)c3)s1)=C2. The van der Waals surface area contributed by atoms with Gasteiger partial charge in [0.2, 0.25) is 0 Å². The highest BCUT2D eigenvalue weighted by molar-refractivity contribution is 7.15. The van der Waals surface area contributed by atoms with Gasteiger partial charge < -0.3 is 9.47 Å². The number of nitrogens with zero attached hydrogens (tertiary/aromatic N) is 1. The number of ether oxygens (including phenoxy) is 2. The van der Waals surface area contributed by atoms with Gasteiger partial charge in [0.25, 0.3) is 5.91 Å². The predicted molar refractivity (Wildman–Crippen MR) is 121 cm³/mol. The second kappa shape index (κ2) is 9.29. The minimum absolute atomic E-state index is 0.263. The van der Waals surface area contributed by atoms with Gasteiger partial charge in [0.15, 0.2) is 16.6 Å². The number of fused-ring (bicyclic) bond motifs is 1. The fourth-order valence-electron chi connectivity index (χ4n) is 3.18. The summed E-state index contributed by atoms with van der Waals surface area (Å²) in [5, 5.41) is 3.45. The van der Waals surface area contributed by atoms with Crippen LogP contribution in [0.2, 0.25) is 5.02 Å². The highest BCUT2D eigenvalue weighted by Gasteiger charge is 2.30. The highest BCUT2D eigenvalue weighted by Crippen LogP contribution is 2.37. The summed E-state index contributed by atoms with van der Waals surface area (Å²) in [5.74, 6) is 0.430. The maximum atomic E-state index is 12.9. The molecule has 2 aromatic carbocycles. The Kier molecular flexibility index (Phi) is 6.44. The number of halogens is 4. The lowest BCUT2D eigenvalue weighted by molar-refractivity contribution is -0.137. The van der Waals surface area contributed by atoms with Crippen molar-refractivity contribution in [3.05, 3.63) is 87.1 Å². The standard InChI is InChI=1S/C23H16ClF3N2O3S/c1-31-19-11-17(24)10-15-9-14(5-6-32-20(15)19)21(30)29-22-28-12-18(33-22)8-13-3-2-4-16(7-13)23(25,26)27/h2-7,9-12H,8H2,1H3,(H,28,29,30). The zero-order valence-corrected chi connectivity index (χ0v) is 18.6. The number of aromatic nitrogens is 1. The Bertz CT molecular complexity index is 1270. The molecule has 0 bridgehead atoms. The number of nitrogens with one attached hydrogen (secondary N) is 1. The van der Waals surface area contributed by atoms with Crippen molar-refractivity contribution >= 4 is 40.1 Å². The van der Waals surface area contributed by atoms with E-state index in [1.807, 2.05) is 0 Å². The molecule has 0 aliphatic carbocycles. The van der Waals surface area contributed by atoms with Crippen LogP contribution in [0.5, 0.6) is 11.5 Å². The molecule has 170 valence electrons. The van der Waals surface area contributed by atoms with E-state index in [1.165, 1.54) is 43.0 Å². The number of methoxy groups -OCH3 is 1. The normalized spacial score (nSPS) is 12.9. The second-order valence-corrected chi connectivity index (χ2v) is 8.56. The summed E-state index contributed by atoms with van der Waals surface area (Å²) in [5.41, 5.74) is 0.663. The fraction of sp³-hybridized carbons (Fsp3) is 0.130. The molecule has 0 unspecified atom stereocenters. The van der Waals surface area contributed by atoms with Crippen molar-refractivity contribution in [2.45, 2.75) is 12.6 Å². The fourth-order valence-corrected chi connectivity index (χ4v) is 4.24. The van der Waals surface area contributed by atoms with Crippen molar-refractivity contribution in [3.63, 3.8) is 0 Å². The van der Waals surface area contributed by atoms with Crippen molar-refractivity contribution < 1.29 is 27.4 Å². The zero-order valence-electron chi connectivity index (χ0n) is 17.1. The Morgan fingerprint density at radius 3 is 2.85 bits per heavy atom. The number of benzene rings is 2. The van der Waals surface area contributed by atoms with E-state index < -0.39 is 17.6 Å². The minimum atomic E-state index is -4.40. The number of anilines is 1. The molecule has 1 N–H and O–H groups in total. The molecule has 1 aliphatic heterocycles. The van der Waals surface area contributed by atoms with E-state index in [9.17, 15) is 18.0 Å². The molecule has 2 heterocycles. The smallest absolute Gasteiger partial charge is 0.416 e. The highest BCUT2D eigenvalue weighted by atomic mass is 35.5. The lowest BCUT2D eigenvalue weighted by Gasteiger charge is -2.10. The van der Waals surface area contributed by atoms with E-state index in [4.69, 9.17) is 21.1 Å². The van der Waals surface area contributed by atoms with Crippen molar-refractivity contribution in [1.82, 2.24) is 4.98 Å². The number of amides is 1. The molecule has 0 saturated heterocycles. The van der Waals surface area contributed by atoms with Crippen molar-refractivity contribution in [2.24, 2.45) is 0 Å². The quantitative estimate of drug-likeness (QED) is 0.451. The van der Waals surface area contributed by atoms with Gasteiger partial charge in [0.05, 0.1) is 18.9 Å². The third-order valence-corrected chi connectivity index (χ3v) is 5.81. The van der Waals surface area contributed by atoms with Gasteiger partial charge in [-0.1, -0.05) is 29.8 Å². The van der Waals surface area contributed by atoms with Crippen LogP contribution in [0.4, 0.5) is 18.3 Å². The third kappa shape index (κ3) is 5.37. The predicted octanol–water partition coefficient (Wildman–Crippen LogP) is 6.34. The van der Waals surface area contributed by atoms with Gasteiger partial charge in [-0.15, -0.1) is 11.3 Å². The molecule has 3 aromatic rings. The number of thiazole rings is 1. The van der Waals surface area contributed by atoms with E-state index in [0.29, 0.717) is 43.2 Å². The van der Waals surface area contributed by atoms with Crippen LogP contribution in [0.25, 0.3) is 6.08 Å². The first kappa shape index (κ1) is 22.9. The molecule has 0 radical (unpaired) electrons. The van der Waals surface area contributed by atoms with E-state index in [1.54, 1.807) is 24.3 Å². The van der Waals surface area contributed by atoms with Crippen LogP contribution >= 0.6 is 22.9 Å². The molecule has 1 aliphatic rings. The van der Waals surface area contributed by atoms with Gasteiger partial charge in [0.1, 0.15) is 0 Å². The molecule has 4 rings (SSSR count). The summed E-state index contributed by atoms with van der Waals surface area (Å²) < 4.78 is 49.6. The van der Waals surface area contributed by atoms with E-state index in [-0.39, 0.29) is 6.42 Å². The van der Waals surface area contributed by atoms with Crippen LogP contribution in [0.3, 0.4) is 0 Å². The van der Waals surface area contributed by atoms with Gasteiger partial charge in [-0.05, 0) is 29.8 Å². The first-order valence-corrected chi connectivity index (χ1v) is 10.8. The third-order valence-electron chi connectivity index (χ3n) is 4.68. The Balaban J connectivity index is 1.50. The molecule has 1 aromatic heterocycles. The molecule has 33 heavy (non-hydrogen) atoms. The largest absolute Gasteiger partial charge is 0.493 e. The van der Waals surface area contributed by atoms with Crippen LogP contribution in [0.1, 0.15) is 21.6 Å². The molecule has 10 heteroatoms. The van der Waals surface area contributed by atoms with Crippen molar-refractivity contribution in [2.75, 3.05) is 12.4 Å². The Morgan fingerprint density at radius 1 is 1.27 bits per heavy atom. The summed E-state index contributed by atoms with van der Waals surface area (Å²) in [6.07, 6.45) is 1.87. The van der Waals surface area contributed by atoms with Crippen LogP contribution < -0.4 is 14.8 Å². The maximum absolute atomic E-state index is 12.9. The summed E-state index contributed by atoms with van der Waals surface area (Å²) in [6, 6.07) is 8.38. The van der Waals surface area contributed by atoms with Crippen LogP contribution in [-0.2, 0) is 17.4 Å². The number of hydrogen-bond acceptors (Lipinski definition) is 5. The average molecular weight is 493 g/mol. The lowest BCUT2D eigenvalue weighted by atomic mass is 10.1. The summed E-state index contributed by atoms with van der Waals surface area (Å²) in [7, 11) is 1.49. The second-order valence-electron chi connectivity index (χ2n) is 7.01. The molecule has 5 nitrogen and oxygen atoms in total.